The molecule has 1 heterocycles. The average Bonchev–Trinajstić information content (AvgIpc) is 3.21. The van der Waals surface area contributed by atoms with E-state index in [0.717, 1.165) is 23.0 Å². The van der Waals surface area contributed by atoms with Crippen molar-refractivity contribution in [3.8, 4) is 0 Å². The number of rotatable bonds is 6. The maximum absolute atomic E-state index is 12.6. The Balaban J connectivity index is 1.39. The second-order valence-electron chi connectivity index (χ2n) is 8.33. The summed E-state index contributed by atoms with van der Waals surface area (Å²) in [4.78, 5) is 23.8. The highest BCUT2D eigenvalue weighted by atomic mass is 16.2. The van der Waals surface area contributed by atoms with Crippen molar-refractivity contribution < 1.29 is 9.59 Å². The normalized spacial score (nSPS) is 11.2. The van der Waals surface area contributed by atoms with Crippen LogP contribution in [0, 0.1) is 0 Å². The molecule has 4 aromatic carbocycles. The van der Waals surface area contributed by atoms with Crippen LogP contribution in [-0.2, 0) is 11.3 Å². The number of carbonyl (C=O) groups excluding carboxylic acids is 2. The number of hydrogen-bond acceptors (Lipinski definition) is 3. The van der Waals surface area contributed by atoms with E-state index < -0.39 is 0 Å². The van der Waals surface area contributed by atoms with Crippen molar-refractivity contribution in [1.29, 1.82) is 0 Å². The Kier molecular flexibility index (Phi) is 6.09. The first-order chi connectivity index (χ1) is 17.1. The molecule has 0 fully saturated rings. The van der Waals surface area contributed by atoms with E-state index in [1.165, 1.54) is 23.3 Å². The summed E-state index contributed by atoms with van der Waals surface area (Å²) in [5, 5.41) is 10.4. The van der Waals surface area contributed by atoms with Crippen LogP contribution in [0.5, 0.6) is 0 Å². The number of nitrogens with zero attached hydrogens (tertiary/aromatic N) is 2. The van der Waals surface area contributed by atoms with Crippen LogP contribution < -0.4 is 10.7 Å². The summed E-state index contributed by atoms with van der Waals surface area (Å²) in [7, 11) is 0. The van der Waals surface area contributed by atoms with Crippen LogP contribution in [0.25, 0.3) is 21.7 Å². The van der Waals surface area contributed by atoms with Gasteiger partial charge in [-0.25, -0.2) is 5.43 Å². The molecule has 6 nitrogen and oxygen atoms in total. The van der Waals surface area contributed by atoms with E-state index in [0.29, 0.717) is 11.3 Å². The minimum atomic E-state index is -0.354. The SMILES string of the molecule is CC(=O)Nc1cccc(C(=O)NN=Cc2cn(Cc3cccc4ccccc34)c3ccccc23)c1. The number of carbonyl (C=O) groups is 2. The zero-order valence-electron chi connectivity index (χ0n) is 19.2. The van der Waals surface area contributed by atoms with Gasteiger partial charge in [0.2, 0.25) is 5.91 Å². The lowest BCUT2D eigenvalue weighted by Gasteiger charge is -2.09. The van der Waals surface area contributed by atoms with Crippen molar-refractivity contribution in [3.63, 3.8) is 0 Å². The van der Waals surface area contributed by atoms with Crippen molar-refractivity contribution >= 4 is 45.4 Å². The number of para-hydroxylation sites is 1. The Hall–Kier alpha value is -4.71. The van der Waals surface area contributed by atoms with Crippen LogP contribution in [0.15, 0.2) is 102 Å². The second-order valence-corrected chi connectivity index (χ2v) is 8.33. The fourth-order valence-corrected chi connectivity index (χ4v) is 4.29. The molecule has 5 aromatic rings. The maximum Gasteiger partial charge on any atom is 0.271 e. The quantitative estimate of drug-likeness (QED) is 0.257. The van der Waals surface area contributed by atoms with Gasteiger partial charge in [0.1, 0.15) is 0 Å². The van der Waals surface area contributed by atoms with Gasteiger partial charge in [-0.1, -0.05) is 66.7 Å². The zero-order valence-corrected chi connectivity index (χ0v) is 19.2. The third-order valence-corrected chi connectivity index (χ3v) is 5.85. The van der Waals surface area contributed by atoms with Crippen LogP contribution in [0.2, 0.25) is 0 Å². The van der Waals surface area contributed by atoms with Crippen LogP contribution in [-0.4, -0.2) is 22.6 Å². The minimum absolute atomic E-state index is 0.194. The molecule has 5 rings (SSSR count). The van der Waals surface area contributed by atoms with Crippen LogP contribution in [0.3, 0.4) is 0 Å². The number of hydrogen-bond donors (Lipinski definition) is 2. The molecule has 1 aromatic heterocycles. The molecule has 0 aliphatic rings. The monoisotopic (exact) mass is 460 g/mol. The lowest BCUT2D eigenvalue weighted by molar-refractivity contribution is -0.114. The maximum atomic E-state index is 12.6. The number of fused-ring (bicyclic) bond motifs is 2. The van der Waals surface area contributed by atoms with Crippen LogP contribution >= 0.6 is 0 Å². The van der Waals surface area contributed by atoms with E-state index >= 15 is 0 Å². The Morgan fingerprint density at radius 1 is 0.886 bits per heavy atom. The van der Waals surface area contributed by atoms with Crippen LogP contribution in [0.1, 0.15) is 28.4 Å². The number of nitrogens with one attached hydrogen (secondary N) is 2. The largest absolute Gasteiger partial charge is 0.342 e. The van der Waals surface area contributed by atoms with E-state index in [2.05, 4.69) is 81.2 Å². The first kappa shape index (κ1) is 22.1. The van der Waals surface area contributed by atoms with Gasteiger partial charge in [-0.2, -0.15) is 5.10 Å². The van der Waals surface area contributed by atoms with E-state index in [1.807, 2.05) is 12.1 Å². The van der Waals surface area contributed by atoms with E-state index in [9.17, 15) is 9.59 Å². The first-order valence-corrected chi connectivity index (χ1v) is 11.3. The summed E-state index contributed by atoms with van der Waals surface area (Å²) in [6.45, 7) is 2.14. The van der Waals surface area contributed by atoms with Gasteiger partial charge in [0.15, 0.2) is 0 Å². The number of hydrazone groups is 1. The molecule has 2 amide bonds. The van der Waals surface area contributed by atoms with Crippen molar-refractivity contribution in [2.24, 2.45) is 5.10 Å². The van der Waals surface area contributed by atoms with Crippen molar-refractivity contribution in [2.75, 3.05) is 5.32 Å². The number of aromatic nitrogens is 1. The Labute approximate surface area is 202 Å². The molecule has 0 saturated heterocycles. The van der Waals surface area contributed by atoms with Crippen molar-refractivity contribution in [3.05, 3.63) is 114 Å². The molecule has 0 radical (unpaired) electrons. The smallest absolute Gasteiger partial charge is 0.271 e. The third kappa shape index (κ3) is 4.82. The Morgan fingerprint density at radius 2 is 1.63 bits per heavy atom. The van der Waals surface area contributed by atoms with Crippen molar-refractivity contribution in [2.45, 2.75) is 13.5 Å². The average molecular weight is 461 g/mol. The highest BCUT2D eigenvalue weighted by molar-refractivity contribution is 6.01. The molecule has 172 valence electrons. The van der Waals surface area contributed by atoms with Crippen LogP contribution in [0.4, 0.5) is 5.69 Å². The molecule has 0 spiro atoms. The van der Waals surface area contributed by atoms with E-state index in [1.54, 1.807) is 30.5 Å². The Morgan fingerprint density at radius 3 is 2.49 bits per heavy atom. The fourth-order valence-electron chi connectivity index (χ4n) is 4.29. The summed E-state index contributed by atoms with van der Waals surface area (Å²) in [5.74, 6) is -0.548. The molecule has 0 unspecified atom stereocenters. The molecule has 0 saturated carbocycles. The number of benzene rings is 4. The van der Waals surface area contributed by atoms with Crippen molar-refractivity contribution in [1.82, 2.24) is 9.99 Å². The molecular formula is C29H24N4O2. The molecule has 0 bridgehead atoms. The van der Waals surface area contributed by atoms with Gasteiger partial charge in [0, 0.05) is 47.4 Å². The summed E-state index contributed by atoms with van der Waals surface area (Å²) in [5.41, 5.74) is 6.79. The Bertz CT molecular complexity index is 1580. The summed E-state index contributed by atoms with van der Waals surface area (Å²) in [6, 6.07) is 29.6. The first-order valence-electron chi connectivity index (χ1n) is 11.3. The number of anilines is 1. The zero-order chi connectivity index (χ0) is 24.2. The standard InChI is InChI=1S/C29H24N4O2/c1-20(34)31-25-12-7-10-22(16-25)29(35)32-30-17-24-19-33(28-15-5-4-14-27(24)28)18-23-11-6-9-21-8-2-3-13-26(21)23/h2-17,19H,18H2,1H3,(H,31,34)(H,32,35). The van der Waals surface area contributed by atoms with Gasteiger partial charge < -0.3 is 9.88 Å². The second kappa shape index (κ2) is 9.65. The molecule has 2 N–H and O–H groups in total. The topological polar surface area (TPSA) is 75.5 Å². The molecule has 0 atom stereocenters. The third-order valence-electron chi connectivity index (χ3n) is 5.85. The summed E-state index contributed by atoms with van der Waals surface area (Å²) in [6.07, 6.45) is 3.72. The highest BCUT2D eigenvalue weighted by Crippen LogP contribution is 2.24. The lowest BCUT2D eigenvalue weighted by atomic mass is 10.0. The van der Waals surface area contributed by atoms with Gasteiger partial charge in [-0.3, -0.25) is 9.59 Å². The summed E-state index contributed by atoms with van der Waals surface area (Å²) < 4.78 is 2.21. The molecule has 0 aliphatic carbocycles. The fraction of sp³-hybridized carbons (Fsp3) is 0.0690. The molecule has 35 heavy (non-hydrogen) atoms. The number of amides is 2. The predicted molar refractivity (Wildman–Crippen MR) is 141 cm³/mol. The van der Waals surface area contributed by atoms with Gasteiger partial charge in [-0.05, 0) is 40.6 Å². The summed E-state index contributed by atoms with van der Waals surface area (Å²) >= 11 is 0. The van der Waals surface area contributed by atoms with E-state index in [-0.39, 0.29) is 11.8 Å². The van der Waals surface area contributed by atoms with Gasteiger partial charge >= 0.3 is 0 Å². The van der Waals surface area contributed by atoms with Gasteiger partial charge in [-0.15, -0.1) is 0 Å². The minimum Gasteiger partial charge on any atom is -0.342 e. The molecule has 6 heteroatoms. The molecular weight excluding hydrogens is 436 g/mol. The molecule has 0 aliphatic heterocycles. The van der Waals surface area contributed by atoms with Gasteiger partial charge in [0.25, 0.3) is 5.91 Å². The predicted octanol–water partition coefficient (Wildman–Crippen LogP) is 5.57. The van der Waals surface area contributed by atoms with E-state index in [4.69, 9.17) is 0 Å². The van der Waals surface area contributed by atoms with Gasteiger partial charge in [0.05, 0.1) is 6.21 Å². The highest BCUT2D eigenvalue weighted by Gasteiger charge is 2.10. The lowest BCUT2D eigenvalue weighted by Crippen LogP contribution is -2.18.